The van der Waals surface area contributed by atoms with Gasteiger partial charge in [-0.05, 0) is 79.8 Å². The molecule has 9 rings (SSSR count). The van der Waals surface area contributed by atoms with Crippen LogP contribution in [0.25, 0.3) is 20.7 Å². The van der Waals surface area contributed by atoms with Crippen molar-refractivity contribution in [3.63, 3.8) is 0 Å². The molecule has 6 heterocycles. The number of ether oxygens (including phenoxy) is 2. The number of carbonyl (C=O) groups excluding carboxylic acids is 1. The lowest BCUT2D eigenvalue weighted by atomic mass is 9.81. The van der Waals surface area contributed by atoms with E-state index in [1.54, 1.807) is 16.6 Å². The summed E-state index contributed by atoms with van der Waals surface area (Å²) in [6.07, 6.45) is 1.41. The fraction of sp³-hybridized carbons (Fsp3) is 0.372. The third-order valence-electron chi connectivity index (χ3n) is 11.7. The van der Waals surface area contributed by atoms with Crippen LogP contribution in [0, 0.1) is 0 Å². The largest absolute Gasteiger partial charge is 0.493 e. The van der Waals surface area contributed by atoms with E-state index in [2.05, 4.69) is 15.4 Å². The highest BCUT2D eigenvalue weighted by molar-refractivity contribution is 8.24. The second-order valence-corrected chi connectivity index (χ2v) is 18.8. The maximum atomic E-state index is 14.3. The number of likely N-dealkylation sites (tertiary alicyclic amines) is 1. The number of hydrogen-bond donors (Lipinski definition) is 2. The van der Waals surface area contributed by atoms with Crippen LogP contribution in [-0.4, -0.2) is 99.3 Å². The van der Waals surface area contributed by atoms with Gasteiger partial charge in [0.25, 0.3) is 11.5 Å². The molecule has 3 aliphatic heterocycles. The topological polar surface area (TPSA) is 179 Å². The normalized spacial score (nSPS) is 19.4. The Morgan fingerprint density at radius 2 is 1.72 bits per heavy atom. The molecular formula is C43H46N8O7S2. The molecule has 17 heteroatoms. The Morgan fingerprint density at radius 3 is 2.42 bits per heavy atom. The molecule has 15 nitrogen and oxygen atoms in total. The van der Waals surface area contributed by atoms with Gasteiger partial charge in [0.05, 0.1) is 44.1 Å². The lowest BCUT2D eigenvalue weighted by molar-refractivity contribution is 0.0691. The van der Waals surface area contributed by atoms with Crippen LogP contribution in [0.3, 0.4) is 0 Å². The summed E-state index contributed by atoms with van der Waals surface area (Å²) in [5.74, 6) is 1.77. The Morgan fingerprint density at radius 1 is 0.950 bits per heavy atom. The van der Waals surface area contributed by atoms with Crippen molar-refractivity contribution in [1.82, 2.24) is 34.2 Å². The minimum atomic E-state index is -2.72. The Bertz CT molecular complexity index is 2730. The first-order valence-electron chi connectivity index (χ1n) is 20.2. The summed E-state index contributed by atoms with van der Waals surface area (Å²) in [6, 6.07) is 22.4. The fourth-order valence-corrected chi connectivity index (χ4v) is 11.6. The summed E-state index contributed by atoms with van der Waals surface area (Å²) >= 11 is 1.36. The number of aryl methyl sites for hydroxylation is 1. The van der Waals surface area contributed by atoms with Crippen LogP contribution < -0.4 is 20.7 Å². The number of aliphatic imine (C=N–C) groups is 1. The number of rotatable bonds is 10. The van der Waals surface area contributed by atoms with Crippen LogP contribution in [0.1, 0.15) is 77.9 Å². The van der Waals surface area contributed by atoms with E-state index in [-0.39, 0.29) is 35.7 Å². The van der Waals surface area contributed by atoms with Crippen LogP contribution in [0.15, 0.2) is 87.4 Å². The van der Waals surface area contributed by atoms with Gasteiger partial charge in [-0.2, -0.15) is 15.4 Å². The highest BCUT2D eigenvalue weighted by Gasteiger charge is 2.40. The monoisotopic (exact) mass is 850 g/mol. The second kappa shape index (κ2) is 16.1. The van der Waals surface area contributed by atoms with Crippen molar-refractivity contribution >= 4 is 43.8 Å². The van der Waals surface area contributed by atoms with Crippen molar-refractivity contribution in [3.8, 4) is 21.9 Å². The van der Waals surface area contributed by atoms with Gasteiger partial charge in [-0.3, -0.25) is 32.8 Å². The second-order valence-electron chi connectivity index (χ2n) is 15.4. The molecule has 2 fully saturated rings. The quantitative estimate of drug-likeness (QED) is 0.159. The number of thiophene rings is 1. The number of aromatic nitrogens is 6. The van der Waals surface area contributed by atoms with Crippen molar-refractivity contribution in [2.75, 3.05) is 38.3 Å². The smallest absolute Gasteiger partial charge is 0.332 e. The van der Waals surface area contributed by atoms with Crippen LogP contribution in [0.5, 0.6) is 11.5 Å². The summed E-state index contributed by atoms with van der Waals surface area (Å²) in [5.41, 5.74) is 4.59. The number of benzene rings is 3. The van der Waals surface area contributed by atoms with E-state index in [4.69, 9.17) is 14.5 Å². The maximum absolute atomic E-state index is 14.3. The van der Waals surface area contributed by atoms with Crippen LogP contribution in [-0.2, 0) is 13.1 Å². The average Bonchev–Trinajstić information content (AvgIpc) is 3.93. The molecule has 3 aromatic heterocycles. The molecule has 0 aliphatic carbocycles. The lowest BCUT2D eigenvalue weighted by Crippen LogP contribution is -2.46. The van der Waals surface area contributed by atoms with Gasteiger partial charge in [0.2, 0.25) is 0 Å². The Kier molecular flexibility index (Phi) is 10.7. The number of fused-ring (bicyclic) bond motifs is 4. The zero-order valence-corrected chi connectivity index (χ0v) is 35.2. The van der Waals surface area contributed by atoms with E-state index in [0.717, 1.165) is 32.8 Å². The molecule has 0 spiro atoms. The number of hydrogen-bond acceptors (Lipinski definition) is 12. The average molecular weight is 851 g/mol. The summed E-state index contributed by atoms with van der Waals surface area (Å²) in [6.45, 7) is 5.59. The molecule has 1 amide bonds. The Balaban J connectivity index is 0.968. The van der Waals surface area contributed by atoms with Gasteiger partial charge in [-0.1, -0.05) is 42.5 Å². The summed E-state index contributed by atoms with van der Waals surface area (Å²) in [4.78, 5) is 51.8. The number of amides is 1. The van der Waals surface area contributed by atoms with Crippen molar-refractivity contribution in [1.29, 1.82) is 0 Å². The Hall–Kier alpha value is -5.62. The predicted molar refractivity (Wildman–Crippen MR) is 233 cm³/mol. The van der Waals surface area contributed by atoms with Crippen molar-refractivity contribution in [2.24, 2.45) is 4.99 Å². The third-order valence-corrected chi connectivity index (χ3v) is 14.7. The van der Waals surface area contributed by atoms with E-state index in [1.165, 1.54) is 20.7 Å². The lowest BCUT2D eigenvalue weighted by Gasteiger charge is -2.45. The molecule has 3 aliphatic rings. The standard InChI is InChI=1S/C43H46N8O7S2/c1-4-50-46-38(45-47-50)24-49-34-23-37(26-9-7-6-8-10-26)59-40(34)42(53)51(43(49)54)29-15-18-48(19-16-29)41(52)28-13-11-27(12-14-28)39-31-22-35(57-3)36(58-5-2)21-30(31)32-25-60(55,56)20-17-33(32)44-39/h6-14,21-23,29,32-33,55-56H,4-5,15-20,24-25H2,1-3H3/t32-,33-/m1/s1. The molecule has 3 aromatic carbocycles. The van der Waals surface area contributed by atoms with Crippen LogP contribution in [0.2, 0.25) is 0 Å². The highest BCUT2D eigenvalue weighted by Crippen LogP contribution is 2.53. The van der Waals surface area contributed by atoms with Crippen LogP contribution >= 0.6 is 21.9 Å². The number of piperidine rings is 1. The molecule has 2 saturated heterocycles. The summed E-state index contributed by atoms with van der Waals surface area (Å²) < 4.78 is 36.4. The summed E-state index contributed by atoms with van der Waals surface area (Å²) in [7, 11) is -1.14. The van der Waals surface area contributed by atoms with E-state index in [9.17, 15) is 23.5 Å². The number of tetrazole rings is 1. The van der Waals surface area contributed by atoms with E-state index in [1.807, 2.05) is 86.6 Å². The van der Waals surface area contributed by atoms with Crippen LogP contribution in [0.4, 0.5) is 0 Å². The number of carbonyl (C=O) groups is 1. The van der Waals surface area contributed by atoms with Gasteiger partial charge in [0.15, 0.2) is 17.3 Å². The van der Waals surface area contributed by atoms with Gasteiger partial charge in [-0.25, -0.2) is 4.79 Å². The van der Waals surface area contributed by atoms with Gasteiger partial charge < -0.3 is 14.4 Å². The van der Waals surface area contributed by atoms with Crippen molar-refractivity contribution in [3.05, 3.63) is 122 Å². The zero-order chi connectivity index (χ0) is 41.7. The zero-order valence-electron chi connectivity index (χ0n) is 33.6. The first-order chi connectivity index (χ1) is 29.0. The van der Waals surface area contributed by atoms with Gasteiger partial charge >= 0.3 is 5.69 Å². The van der Waals surface area contributed by atoms with E-state index in [0.29, 0.717) is 84.4 Å². The van der Waals surface area contributed by atoms with Gasteiger partial charge in [0.1, 0.15) is 4.70 Å². The van der Waals surface area contributed by atoms with E-state index < -0.39 is 22.3 Å². The van der Waals surface area contributed by atoms with E-state index >= 15 is 0 Å². The third kappa shape index (κ3) is 7.33. The molecule has 0 unspecified atom stereocenters. The minimum Gasteiger partial charge on any atom is -0.493 e. The van der Waals surface area contributed by atoms with Crippen molar-refractivity contribution < 1.29 is 23.4 Å². The SMILES string of the molecule is CCOc1cc2c(cc1OC)C(c1ccc(C(=O)N3CCC(n4c(=O)c5sc(-c6ccccc6)cc5n(Cc5nnn(CC)n5)c4=O)CC3)cc1)=N[C@@H]1CCS(O)(O)C[C@H]21. The molecule has 6 aromatic rings. The molecule has 2 atom stereocenters. The molecule has 312 valence electrons. The fourth-order valence-electron chi connectivity index (χ4n) is 8.70. The molecule has 2 N–H and O–H groups in total. The molecule has 0 saturated carbocycles. The molecular weight excluding hydrogens is 805 g/mol. The summed E-state index contributed by atoms with van der Waals surface area (Å²) in [5, 5.41) is 12.6. The number of nitrogens with zero attached hydrogens (tertiary/aromatic N) is 8. The molecule has 0 bridgehead atoms. The molecule has 0 radical (unpaired) electrons. The highest BCUT2D eigenvalue weighted by atomic mass is 32.3. The van der Waals surface area contributed by atoms with Gasteiger partial charge in [0, 0.05) is 58.1 Å². The minimum absolute atomic E-state index is 0.0575. The van der Waals surface area contributed by atoms with Gasteiger partial charge in [-0.15, -0.1) is 21.5 Å². The van der Waals surface area contributed by atoms with Crippen molar-refractivity contribution in [2.45, 2.75) is 64.2 Å². The predicted octanol–water partition coefficient (Wildman–Crippen LogP) is 6.29. The molecule has 60 heavy (non-hydrogen) atoms. The number of methoxy groups -OCH3 is 1. The maximum Gasteiger partial charge on any atom is 0.332 e. The first kappa shape index (κ1) is 39.8. The Labute approximate surface area is 351 Å². The first-order valence-corrected chi connectivity index (χ1v) is 22.9.